The minimum atomic E-state index is -0.505. The lowest BCUT2D eigenvalue weighted by molar-refractivity contribution is 0.473. The van der Waals surface area contributed by atoms with Crippen molar-refractivity contribution in [3.05, 3.63) is 34.9 Å². The fraction of sp³-hybridized carbons (Fsp3) is 0.538. The van der Waals surface area contributed by atoms with E-state index in [4.69, 9.17) is 0 Å². The zero-order chi connectivity index (χ0) is 12.5. The molecule has 0 saturated heterocycles. The first kappa shape index (κ1) is 13.6. The van der Waals surface area contributed by atoms with Crippen molar-refractivity contribution in [1.29, 1.82) is 0 Å². The van der Waals surface area contributed by atoms with Gasteiger partial charge in [-0.05, 0) is 35.2 Å². The number of rotatable bonds is 2. The average molecular weight is 244 g/mol. The molecule has 90 valence electrons. The topological polar surface area (TPSA) is 0 Å². The second-order valence-corrected chi connectivity index (χ2v) is 5.93. The van der Waals surface area contributed by atoms with Crippen LogP contribution in [-0.2, 0) is 5.41 Å². The Hall–Kier alpha value is -0.490. The largest absolute Gasteiger partial charge is 0.207 e. The SMILES string of the molecule is CCC(P)c1cc(F)c(C(C)(C)C)c(F)c1. The molecule has 0 aliphatic carbocycles. The third-order valence-corrected chi connectivity index (χ3v) is 3.54. The Morgan fingerprint density at radius 3 is 1.94 bits per heavy atom. The van der Waals surface area contributed by atoms with Gasteiger partial charge in [-0.1, -0.05) is 27.7 Å². The highest BCUT2D eigenvalue weighted by molar-refractivity contribution is 7.17. The Kier molecular flexibility index (Phi) is 4.07. The van der Waals surface area contributed by atoms with E-state index in [1.807, 2.05) is 27.7 Å². The van der Waals surface area contributed by atoms with Crippen molar-refractivity contribution >= 4 is 9.24 Å². The molecule has 0 saturated carbocycles. The van der Waals surface area contributed by atoms with Crippen LogP contribution in [0, 0.1) is 11.6 Å². The molecule has 0 amide bonds. The zero-order valence-corrected chi connectivity index (χ0v) is 11.4. The minimum Gasteiger partial charge on any atom is -0.207 e. The van der Waals surface area contributed by atoms with Gasteiger partial charge in [0, 0.05) is 5.56 Å². The summed E-state index contributed by atoms with van der Waals surface area (Å²) < 4.78 is 27.7. The molecule has 2 atom stereocenters. The molecule has 0 heterocycles. The molecule has 1 rings (SSSR count). The third-order valence-electron chi connectivity index (χ3n) is 2.68. The molecule has 0 radical (unpaired) electrons. The second-order valence-electron chi connectivity index (χ2n) is 5.12. The summed E-state index contributed by atoms with van der Waals surface area (Å²) >= 11 is 0. The van der Waals surface area contributed by atoms with Gasteiger partial charge in [-0.3, -0.25) is 0 Å². The summed E-state index contributed by atoms with van der Waals surface area (Å²) in [5, 5.41) is 0. The molecule has 0 nitrogen and oxygen atoms in total. The first-order valence-electron chi connectivity index (χ1n) is 5.52. The van der Waals surface area contributed by atoms with E-state index in [-0.39, 0.29) is 11.2 Å². The van der Waals surface area contributed by atoms with E-state index in [1.165, 1.54) is 12.1 Å². The molecule has 0 N–H and O–H groups in total. The lowest BCUT2D eigenvalue weighted by atomic mass is 9.85. The normalized spacial score (nSPS) is 13.9. The van der Waals surface area contributed by atoms with Crippen molar-refractivity contribution < 1.29 is 8.78 Å². The summed E-state index contributed by atoms with van der Waals surface area (Å²) in [6.07, 6.45) is 0.846. The Morgan fingerprint density at radius 2 is 1.62 bits per heavy atom. The molecular formula is C13H19F2P. The predicted octanol–water partition coefficient (Wildman–Crippen LogP) is 4.59. The van der Waals surface area contributed by atoms with Crippen molar-refractivity contribution in [1.82, 2.24) is 0 Å². The third kappa shape index (κ3) is 2.79. The Morgan fingerprint density at radius 1 is 1.19 bits per heavy atom. The van der Waals surface area contributed by atoms with Crippen LogP contribution in [0.2, 0.25) is 0 Å². The van der Waals surface area contributed by atoms with Crippen LogP contribution in [0.25, 0.3) is 0 Å². The Bertz CT molecular complexity index is 357. The number of benzene rings is 1. The summed E-state index contributed by atoms with van der Waals surface area (Å²) in [5.41, 5.74) is 0.480. The number of hydrogen-bond acceptors (Lipinski definition) is 0. The standard InChI is InChI=1S/C13H19F2P/c1-5-11(16)8-6-9(14)12(10(15)7-8)13(2,3)4/h6-7,11H,5,16H2,1-4H3. The van der Waals surface area contributed by atoms with Crippen LogP contribution in [0.5, 0.6) is 0 Å². The second kappa shape index (κ2) is 4.79. The summed E-state index contributed by atoms with van der Waals surface area (Å²) in [6.45, 7) is 7.43. The zero-order valence-electron chi connectivity index (χ0n) is 10.3. The van der Waals surface area contributed by atoms with Gasteiger partial charge in [-0.15, -0.1) is 9.24 Å². The fourth-order valence-electron chi connectivity index (χ4n) is 1.76. The summed E-state index contributed by atoms with van der Waals surface area (Å²) in [4.78, 5) is 0. The van der Waals surface area contributed by atoms with E-state index in [0.29, 0.717) is 5.56 Å². The predicted molar refractivity (Wildman–Crippen MR) is 67.8 cm³/mol. The molecular weight excluding hydrogens is 225 g/mol. The van der Waals surface area contributed by atoms with Crippen molar-refractivity contribution in [2.75, 3.05) is 0 Å². The van der Waals surface area contributed by atoms with Crippen LogP contribution in [0.1, 0.15) is 50.9 Å². The van der Waals surface area contributed by atoms with Gasteiger partial charge in [0.1, 0.15) is 11.6 Å². The van der Waals surface area contributed by atoms with Crippen LogP contribution in [0.4, 0.5) is 8.78 Å². The van der Waals surface area contributed by atoms with Crippen LogP contribution in [0.15, 0.2) is 12.1 Å². The van der Waals surface area contributed by atoms with Crippen LogP contribution in [0.3, 0.4) is 0 Å². The fourth-order valence-corrected chi connectivity index (χ4v) is 1.95. The lowest BCUT2D eigenvalue weighted by Gasteiger charge is -2.22. The van der Waals surface area contributed by atoms with E-state index < -0.39 is 17.0 Å². The number of halogens is 2. The van der Waals surface area contributed by atoms with E-state index in [0.717, 1.165) is 6.42 Å². The van der Waals surface area contributed by atoms with E-state index in [2.05, 4.69) is 9.24 Å². The highest BCUT2D eigenvalue weighted by Gasteiger charge is 2.24. The van der Waals surface area contributed by atoms with Gasteiger partial charge < -0.3 is 0 Å². The molecule has 0 bridgehead atoms. The summed E-state index contributed by atoms with van der Waals surface area (Å²) in [6, 6.07) is 2.90. The van der Waals surface area contributed by atoms with E-state index >= 15 is 0 Å². The van der Waals surface area contributed by atoms with Gasteiger partial charge in [0.2, 0.25) is 0 Å². The van der Waals surface area contributed by atoms with Crippen LogP contribution in [-0.4, -0.2) is 0 Å². The van der Waals surface area contributed by atoms with Gasteiger partial charge >= 0.3 is 0 Å². The van der Waals surface area contributed by atoms with Gasteiger partial charge in [-0.2, -0.15) is 0 Å². The van der Waals surface area contributed by atoms with Gasteiger partial charge in [0.25, 0.3) is 0 Å². The van der Waals surface area contributed by atoms with Crippen molar-refractivity contribution in [2.24, 2.45) is 0 Å². The molecule has 0 aliphatic heterocycles. The van der Waals surface area contributed by atoms with Crippen LogP contribution < -0.4 is 0 Å². The quantitative estimate of drug-likeness (QED) is 0.667. The van der Waals surface area contributed by atoms with Crippen molar-refractivity contribution in [2.45, 2.75) is 45.2 Å². The summed E-state index contributed by atoms with van der Waals surface area (Å²) in [7, 11) is 2.61. The molecule has 2 unspecified atom stereocenters. The molecule has 0 spiro atoms. The van der Waals surface area contributed by atoms with Gasteiger partial charge in [-0.25, -0.2) is 8.78 Å². The van der Waals surface area contributed by atoms with Crippen molar-refractivity contribution in [3.63, 3.8) is 0 Å². The molecule has 0 aromatic heterocycles. The summed E-state index contributed by atoms with van der Waals surface area (Å²) in [5.74, 6) is -0.883. The Balaban J connectivity index is 3.28. The maximum atomic E-state index is 13.9. The van der Waals surface area contributed by atoms with Gasteiger partial charge in [0.15, 0.2) is 0 Å². The lowest BCUT2D eigenvalue weighted by Crippen LogP contribution is -2.16. The van der Waals surface area contributed by atoms with E-state index in [9.17, 15) is 8.78 Å². The monoisotopic (exact) mass is 244 g/mol. The molecule has 16 heavy (non-hydrogen) atoms. The Labute approximate surface area is 98.6 Å². The first-order chi connectivity index (χ1) is 7.27. The maximum absolute atomic E-state index is 13.9. The molecule has 0 fully saturated rings. The number of hydrogen-bond donors (Lipinski definition) is 0. The molecule has 0 aliphatic rings. The average Bonchev–Trinajstić information content (AvgIpc) is 2.13. The molecule has 1 aromatic rings. The van der Waals surface area contributed by atoms with Gasteiger partial charge in [0.05, 0.1) is 0 Å². The maximum Gasteiger partial charge on any atom is 0.130 e. The molecule has 3 heteroatoms. The first-order valence-corrected chi connectivity index (χ1v) is 6.19. The smallest absolute Gasteiger partial charge is 0.130 e. The van der Waals surface area contributed by atoms with Crippen LogP contribution >= 0.6 is 9.24 Å². The molecule has 1 aromatic carbocycles. The van der Waals surface area contributed by atoms with Crippen molar-refractivity contribution in [3.8, 4) is 0 Å². The minimum absolute atomic E-state index is 0.109. The highest BCUT2D eigenvalue weighted by Crippen LogP contribution is 2.33. The highest BCUT2D eigenvalue weighted by atomic mass is 31.0. The van der Waals surface area contributed by atoms with E-state index in [1.54, 1.807) is 0 Å².